The van der Waals surface area contributed by atoms with E-state index in [9.17, 15) is 0 Å². The summed E-state index contributed by atoms with van der Waals surface area (Å²) in [6.07, 6.45) is 5.63. The highest BCUT2D eigenvalue weighted by Crippen LogP contribution is 2.37. The van der Waals surface area contributed by atoms with Crippen LogP contribution in [0.25, 0.3) is 0 Å². The van der Waals surface area contributed by atoms with E-state index in [0.717, 1.165) is 35.6 Å². The lowest BCUT2D eigenvalue weighted by atomic mass is 9.98. The predicted molar refractivity (Wildman–Crippen MR) is 85.0 cm³/mol. The highest BCUT2D eigenvalue weighted by Gasteiger charge is 2.37. The molecular formula is C17H28N2O2. The zero-order valence-electron chi connectivity index (χ0n) is 13.9. The quantitative estimate of drug-likeness (QED) is 0.800. The average molecular weight is 292 g/mol. The maximum absolute atomic E-state index is 5.99. The van der Waals surface area contributed by atoms with Gasteiger partial charge in [0.1, 0.15) is 5.75 Å². The van der Waals surface area contributed by atoms with Gasteiger partial charge in [0.05, 0.1) is 13.2 Å². The summed E-state index contributed by atoms with van der Waals surface area (Å²) >= 11 is 0. The molecule has 4 nitrogen and oxygen atoms in total. The van der Waals surface area contributed by atoms with Gasteiger partial charge in [-0.3, -0.25) is 4.98 Å². The molecule has 0 radical (unpaired) electrons. The first-order valence-electron chi connectivity index (χ1n) is 7.90. The van der Waals surface area contributed by atoms with Crippen molar-refractivity contribution < 1.29 is 9.47 Å². The minimum absolute atomic E-state index is 0.286. The van der Waals surface area contributed by atoms with Crippen LogP contribution in [0.3, 0.4) is 0 Å². The second-order valence-corrected chi connectivity index (χ2v) is 5.90. The molecule has 1 saturated carbocycles. The van der Waals surface area contributed by atoms with Gasteiger partial charge in [-0.15, -0.1) is 0 Å². The summed E-state index contributed by atoms with van der Waals surface area (Å²) in [4.78, 5) is 4.62. The van der Waals surface area contributed by atoms with Gasteiger partial charge in [0.2, 0.25) is 0 Å². The maximum Gasteiger partial charge on any atom is 0.128 e. The Balaban J connectivity index is 2.17. The number of nitrogens with one attached hydrogen (secondary N) is 1. The number of hydrogen-bond donors (Lipinski definition) is 1. The zero-order valence-corrected chi connectivity index (χ0v) is 13.9. The van der Waals surface area contributed by atoms with Crippen molar-refractivity contribution in [3.8, 4) is 5.75 Å². The number of pyridine rings is 1. The van der Waals surface area contributed by atoms with Crippen molar-refractivity contribution in [3.05, 3.63) is 23.0 Å². The lowest BCUT2D eigenvalue weighted by molar-refractivity contribution is 0.0208. The Kier molecular flexibility index (Phi) is 5.59. The second kappa shape index (κ2) is 7.23. The smallest absolute Gasteiger partial charge is 0.128 e. The van der Waals surface area contributed by atoms with Crippen molar-refractivity contribution in [2.45, 2.75) is 52.2 Å². The molecular weight excluding hydrogens is 264 g/mol. The van der Waals surface area contributed by atoms with Crippen molar-refractivity contribution in [2.24, 2.45) is 5.92 Å². The van der Waals surface area contributed by atoms with Crippen LogP contribution in [0.1, 0.15) is 36.6 Å². The van der Waals surface area contributed by atoms with E-state index in [4.69, 9.17) is 9.47 Å². The monoisotopic (exact) mass is 292 g/mol. The number of methoxy groups -OCH3 is 1. The van der Waals surface area contributed by atoms with Crippen LogP contribution in [0.5, 0.6) is 5.75 Å². The molecule has 0 aliphatic heterocycles. The minimum atomic E-state index is 0.286. The molecule has 2 rings (SSSR count). The standard InChI is InChI=1S/C17H28N2O2/c1-6-21-17(13-7-8-13)15(18-4)9-14-12(3)16(20-5)11(2)10-19-14/h10,13,15,17-18H,6-9H2,1-5H3. The number of likely N-dealkylation sites (N-methyl/N-ethyl adjacent to an activating group) is 1. The maximum atomic E-state index is 5.99. The predicted octanol–water partition coefficient (Wildman–Crippen LogP) is 2.65. The molecule has 1 N–H and O–H groups in total. The van der Waals surface area contributed by atoms with Crippen molar-refractivity contribution in [1.29, 1.82) is 0 Å². The lowest BCUT2D eigenvalue weighted by Gasteiger charge is -2.27. The minimum Gasteiger partial charge on any atom is -0.496 e. The Labute approximate surface area is 128 Å². The SMILES string of the molecule is CCOC(C1CC1)C(Cc1ncc(C)c(OC)c1C)NC. The van der Waals surface area contributed by atoms with E-state index in [1.54, 1.807) is 7.11 Å². The van der Waals surface area contributed by atoms with Gasteiger partial charge in [-0.1, -0.05) is 0 Å². The van der Waals surface area contributed by atoms with Crippen molar-refractivity contribution in [3.63, 3.8) is 0 Å². The van der Waals surface area contributed by atoms with Crippen LogP contribution in [-0.2, 0) is 11.2 Å². The fourth-order valence-corrected chi connectivity index (χ4v) is 3.07. The van der Waals surface area contributed by atoms with Gasteiger partial charge in [-0.2, -0.15) is 0 Å². The number of nitrogens with zero attached hydrogens (tertiary/aromatic N) is 1. The molecule has 2 unspecified atom stereocenters. The summed E-state index contributed by atoms with van der Waals surface area (Å²) in [6.45, 7) is 6.96. The largest absolute Gasteiger partial charge is 0.496 e. The Morgan fingerprint density at radius 3 is 2.62 bits per heavy atom. The van der Waals surface area contributed by atoms with Gasteiger partial charge in [0.25, 0.3) is 0 Å². The molecule has 0 aromatic carbocycles. The lowest BCUT2D eigenvalue weighted by Crippen LogP contribution is -2.42. The van der Waals surface area contributed by atoms with Gasteiger partial charge < -0.3 is 14.8 Å². The van der Waals surface area contributed by atoms with Crippen LogP contribution >= 0.6 is 0 Å². The van der Waals surface area contributed by atoms with E-state index in [1.165, 1.54) is 12.8 Å². The Bertz CT molecular complexity index is 472. The number of rotatable bonds is 8. The summed E-state index contributed by atoms with van der Waals surface area (Å²) in [7, 11) is 3.74. The highest BCUT2D eigenvalue weighted by atomic mass is 16.5. The fourth-order valence-electron chi connectivity index (χ4n) is 3.07. The van der Waals surface area contributed by atoms with Gasteiger partial charge in [-0.25, -0.2) is 0 Å². The first kappa shape index (κ1) is 16.2. The topological polar surface area (TPSA) is 43.4 Å². The Hall–Kier alpha value is -1.13. The molecule has 1 aromatic rings. The van der Waals surface area contributed by atoms with Crippen LogP contribution in [-0.4, -0.2) is 37.9 Å². The summed E-state index contributed by atoms with van der Waals surface area (Å²) in [6, 6.07) is 0.302. The molecule has 0 spiro atoms. The second-order valence-electron chi connectivity index (χ2n) is 5.90. The third-order valence-electron chi connectivity index (χ3n) is 4.38. The molecule has 0 amide bonds. The van der Waals surface area contributed by atoms with Crippen molar-refractivity contribution in [1.82, 2.24) is 10.3 Å². The molecule has 4 heteroatoms. The van der Waals surface area contributed by atoms with E-state index in [0.29, 0.717) is 12.0 Å². The van der Waals surface area contributed by atoms with E-state index in [1.807, 2.05) is 20.2 Å². The van der Waals surface area contributed by atoms with Crippen LogP contribution in [0.15, 0.2) is 6.20 Å². The molecule has 21 heavy (non-hydrogen) atoms. The summed E-state index contributed by atoms with van der Waals surface area (Å²) < 4.78 is 11.5. The Morgan fingerprint density at radius 1 is 1.38 bits per heavy atom. The van der Waals surface area contributed by atoms with Crippen LogP contribution in [0.2, 0.25) is 0 Å². The first-order valence-corrected chi connectivity index (χ1v) is 7.90. The summed E-state index contributed by atoms with van der Waals surface area (Å²) in [5, 5.41) is 3.43. The number of aromatic nitrogens is 1. The molecule has 1 aliphatic carbocycles. The fraction of sp³-hybridized carbons (Fsp3) is 0.706. The third kappa shape index (κ3) is 3.74. The summed E-state index contributed by atoms with van der Waals surface area (Å²) in [5.41, 5.74) is 3.33. The number of ether oxygens (including phenoxy) is 2. The zero-order chi connectivity index (χ0) is 15.4. The highest BCUT2D eigenvalue weighted by molar-refractivity contribution is 5.41. The van der Waals surface area contributed by atoms with E-state index >= 15 is 0 Å². The molecule has 1 heterocycles. The molecule has 1 aliphatic rings. The van der Waals surface area contributed by atoms with Crippen molar-refractivity contribution in [2.75, 3.05) is 20.8 Å². The van der Waals surface area contributed by atoms with Crippen molar-refractivity contribution >= 4 is 0 Å². The number of aryl methyl sites for hydroxylation is 1. The molecule has 1 aromatic heterocycles. The molecule has 118 valence electrons. The van der Waals surface area contributed by atoms with Gasteiger partial charge in [0, 0.05) is 42.1 Å². The average Bonchev–Trinajstić information content (AvgIpc) is 3.30. The number of hydrogen-bond acceptors (Lipinski definition) is 4. The van der Waals surface area contributed by atoms with Gasteiger partial charge in [0.15, 0.2) is 0 Å². The van der Waals surface area contributed by atoms with Gasteiger partial charge in [-0.05, 0) is 46.6 Å². The van der Waals surface area contributed by atoms with Crippen LogP contribution < -0.4 is 10.1 Å². The molecule has 0 saturated heterocycles. The Morgan fingerprint density at radius 2 is 2.10 bits per heavy atom. The summed E-state index contributed by atoms with van der Waals surface area (Å²) in [5.74, 6) is 1.66. The van der Waals surface area contributed by atoms with E-state index in [-0.39, 0.29) is 6.10 Å². The van der Waals surface area contributed by atoms with E-state index < -0.39 is 0 Å². The van der Waals surface area contributed by atoms with Crippen LogP contribution in [0.4, 0.5) is 0 Å². The third-order valence-corrected chi connectivity index (χ3v) is 4.38. The molecule has 1 fully saturated rings. The normalized spacial score (nSPS) is 17.6. The molecule has 0 bridgehead atoms. The van der Waals surface area contributed by atoms with Gasteiger partial charge >= 0.3 is 0 Å². The van der Waals surface area contributed by atoms with Crippen LogP contribution in [0, 0.1) is 19.8 Å². The van der Waals surface area contributed by atoms with E-state index in [2.05, 4.69) is 24.1 Å². The first-order chi connectivity index (χ1) is 10.1. The molecule has 2 atom stereocenters.